The fourth-order valence-corrected chi connectivity index (χ4v) is 5.70. The van der Waals surface area contributed by atoms with Crippen LogP contribution in [0.4, 0.5) is 5.69 Å². The number of anilines is 1. The first-order valence-corrected chi connectivity index (χ1v) is 11.3. The molecule has 1 fully saturated rings. The number of hydrogen-bond donors (Lipinski definition) is 1. The summed E-state index contributed by atoms with van der Waals surface area (Å²) in [5, 5.41) is 3.49. The van der Waals surface area contributed by atoms with Crippen molar-refractivity contribution >= 4 is 39.2 Å². The Balaban J connectivity index is 1.72. The molecule has 1 heterocycles. The Bertz CT molecular complexity index is 618. The van der Waals surface area contributed by atoms with Gasteiger partial charge < -0.3 is 14.8 Å². The fourth-order valence-electron chi connectivity index (χ4n) is 2.67. The van der Waals surface area contributed by atoms with E-state index in [-0.39, 0.29) is 11.9 Å². The van der Waals surface area contributed by atoms with Gasteiger partial charge >= 0.3 is 5.97 Å². The van der Waals surface area contributed by atoms with Crippen molar-refractivity contribution < 1.29 is 19.1 Å². The lowest BCUT2D eigenvalue weighted by Crippen LogP contribution is -2.30. The van der Waals surface area contributed by atoms with Crippen LogP contribution in [0.2, 0.25) is 0 Å². The van der Waals surface area contributed by atoms with Crippen molar-refractivity contribution in [1.82, 2.24) is 0 Å². The lowest BCUT2D eigenvalue weighted by atomic mass is 10.1. The molecule has 0 aromatic heterocycles. The average molecular weight is 398 g/mol. The largest absolute Gasteiger partial charge is 0.495 e. The first-order valence-electron chi connectivity index (χ1n) is 8.93. The molecular weight excluding hydrogens is 370 g/mol. The van der Waals surface area contributed by atoms with Gasteiger partial charge in [-0.1, -0.05) is 34.1 Å². The van der Waals surface area contributed by atoms with Crippen molar-refractivity contribution in [3.63, 3.8) is 0 Å². The molecule has 2 atom stereocenters. The zero-order chi connectivity index (χ0) is 18.9. The number of unbranched alkanes of at least 4 members (excludes halogenated alkanes) is 1. The number of carbonyl (C=O) groups excluding carboxylic acids is 2. The lowest BCUT2D eigenvalue weighted by molar-refractivity contribution is -0.153. The molecule has 26 heavy (non-hydrogen) atoms. The van der Waals surface area contributed by atoms with Gasteiger partial charge in [0.25, 0.3) is 5.91 Å². The van der Waals surface area contributed by atoms with Crippen LogP contribution in [-0.2, 0) is 14.3 Å². The fraction of sp³-hybridized carbons (Fsp3) is 0.579. The van der Waals surface area contributed by atoms with Gasteiger partial charge in [0.05, 0.1) is 12.8 Å². The van der Waals surface area contributed by atoms with Gasteiger partial charge in [0.2, 0.25) is 0 Å². The monoisotopic (exact) mass is 397 g/mol. The van der Waals surface area contributed by atoms with Crippen molar-refractivity contribution in [3.05, 3.63) is 23.8 Å². The van der Waals surface area contributed by atoms with Gasteiger partial charge in [0.1, 0.15) is 5.75 Å². The molecule has 1 aliphatic heterocycles. The number of methoxy groups -OCH3 is 1. The van der Waals surface area contributed by atoms with E-state index < -0.39 is 6.10 Å². The molecule has 7 heteroatoms. The summed E-state index contributed by atoms with van der Waals surface area (Å²) in [6.07, 6.45) is 3.76. The number of carbonyl (C=O) groups is 2. The molecule has 2 rings (SSSR count). The Morgan fingerprint density at radius 3 is 2.85 bits per heavy atom. The molecule has 144 valence electrons. The molecule has 1 N–H and O–H groups in total. The first-order chi connectivity index (χ1) is 12.5. The van der Waals surface area contributed by atoms with Crippen LogP contribution in [0.5, 0.6) is 5.75 Å². The van der Waals surface area contributed by atoms with Crippen LogP contribution in [0.15, 0.2) is 18.2 Å². The summed E-state index contributed by atoms with van der Waals surface area (Å²) < 4.78 is 10.5. The Kier molecular flexibility index (Phi) is 8.65. The highest BCUT2D eigenvalue weighted by atomic mass is 33.1. The van der Waals surface area contributed by atoms with E-state index in [4.69, 9.17) is 9.47 Å². The molecule has 1 aliphatic rings. The molecule has 0 bridgehead atoms. The van der Waals surface area contributed by atoms with Gasteiger partial charge in [-0.2, -0.15) is 0 Å². The summed E-state index contributed by atoms with van der Waals surface area (Å²) in [4.78, 5) is 24.2. The predicted molar refractivity (Wildman–Crippen MR) is 109 cm³/mol. The topological polar surface area (TPSA) is 64.6 Å². The van der Waals surface area contributed by atoms with Crippen molar-refractivity contribution in [3.8, 4) is 5.75 Å². The summed E-state index contributed by atoms with van der Waals surface area (Å²) in [6, 6.07) is 5.52. The van der Waals surface area contributed by atoms with E-state index in [1.54, 1.807) is 20.1 Å². The van der Waals surface area contributed by atoms with E-state index in [2.05, 4.69) is 5.32 Å². The smallest absolute Gasteiger partial charge is 0.306 e. The van der Waals surface area contributed by atoms with Gasteiger partial charge in [-0.25, -0.2) is 0 Å². The highest BCUT2D eigenvalue weighted by molar-refractivity contribution is 8.77. The Hall–Kier alpha value is -1.34. The maximum Gasteiger partial charge on any atom is 0.306 e. The summed E-state index contributed by atoms with van der Waals surface area (Å²) in [5.74, 6) is 1.12. The molecule has 1 saturated heterocycles. The van der Waals surface area contributed by atoms with Crippen LogP contribution in [0.1, 0.15) is 44.6 Å². The highest BCUT2D eigenvalue weighted by Crippen LogP contribution is 2.39. The number of hydrogen-bond acceptors (Lipinski definition) is 6. The van der Waals surface area contributed by atoms with Gasteiger partial charge in [-0.3, -0.25) is 9.59 Å². The molecule has 1 aromatic rings. The quantitative estimate of drug-likeness (QED) is 0.374. The van der Waals surface area contributed by atoms with Gasteiger partial charge in [-0.15, -0.1) is 0 Å². The zero-order valence-corrected chi connectivity index (χ0v) is 17.2. The normalized spacial score (nSPS) is 17.6. The SMILES string of the molecule is COc1ccc(C)cc1NC(=O)[C@H](C)OC(=O)CCCC[C@@H]1CCSS1. The van der Waals surface area contributed by atoms with Crippen LogP contribution < -0.4 is 10.1 Å². The molecule has 1 aromatic carbocycles. The van der Waals surface area contributed by atoms with E-state index in [0.717, 1.165) is 30.1 Å². The number of ether oxygens (including phenoxy) is 2. The summed E-state index contributed by atoms with van der Waals surface area (Å²) in [7, 11) is 5.44. The minimum Gasteiger partial charge on any atom is -0.495 e. The second-order valence-corrected chi connectivity index (χ2v) is 9.19. The third-order valence-corrected chi connectivity index (χ3v) is 7.18. The van der Waals surface area contributed by atoms with Crippen LogP contribution in [0.25, 0.3) is 0 Å². The van der Waals surface area contributed by atoms with Crippen molar-refractivity contribution in [2.45, 2.75) is 57.3 Å². The summed E-state index contributed by atoms with van der Waals surface area (Å²) in [6.45, 7) is 3.52. The van der Waals surface area contributed by atoms with Crippen LogP contribution >= 0.6 is 21.6 Å². The minimum atomic E-state index is -0.838. The van der Waals surface area contributed by atoms with Crippen LogP contribution in [0, 0.1) is 6.92 Å². The number of aryl methyl sites for hydroxylation is 1. The molecule has 5 nitrogen and oxygen atoms in total. The van der Waals surface area contributed by atoms with Crippen LogP contribution in [-0.4, -0.2) is 36.1 Å². The number of nitrogens with one attached hydrogen (secondary N) is 1. The third kappa shape index (κ3) is 6.76. The Morgan fingerprint density at radius 2 is 2.15 bits per heavy atom. The van der Waals surface area contributed by atoms with Gasteiger partial charge in [-0.05, 0) is 50.8 Å². The first kappa shape index (κ1) is 21.0. The average Bonchev–Trinajstić information content (AvgIpc) is 3.12. The molecule has 0 aliphatic carbocycles. The molecule has 0 unspecified atom stereocenters. The molecule has 0 radical (unpaired) electrons. The Labute approximate surface area is 163 Å². The van der Waals surface area contributed by atoms with Crippen LogP contribution in [0.3, 0.4) is 0 Å². The lowest BCUT2D eigenvalue weighted by Gasteiger charge is -2.15. The minimum absolute atomic E-state index is 0.322. The number of rotatable bonds is 9. The maximum absolute atomic E-state index is 12.3. The van der Waals surface area contributed by atoms with Crippen molar-refractivity contribution in [2.75, 3.05) is 18.2 Å². The second kappa shape index (κ2) is 10.7. The van der Waals surface area contributed by atoms with E-state index in [1.807, 2.05) is 40.6 Å². The highest BCUT2D eigenvalue weighted by Gasteiger charge is 2.20. The van der Waals surface area contributed by atoms with E-state index in [1.165, 1.54) is 12.2 Å². The zero-order valence-electron chi connectivity index (χ0n) is 15.6. The van der Waals surface area contributed by atoms with Gasteiger partial charge in [0, 0.05) is 17.4 Å². The van der Waals surface area contributed by atoms with Crippen molar-refractivity contribution in [2.24, 2.45) is 0 Å². The standard InChI is InChI=1S/C19H27NO4S2/c1-13-8-9-17(23-3)16(12-13)20-19(22)14(2)24-18(21)7-5-4-6-15-10-11-25-26-15/h8-9,12,14-15H,4-7,10-11H2,1-3H3,(H,20,22)/t14-,15+/m0/s1. The van der Waals surface area contributed by atoms with E-state index in [9.17, 15) is 9.59 Å². The van der Waals surface area contributed by atoms with Gasteiger partial charge in [0.15, 0.2) is 6.10 Å². The molecule has 1 amide bonds. The molecule has 0 spiro atoms. The number of esters is 1. The maximum atomic E-state index is 12.3. The van der Waals surface area contributed by atoms with Crippen molar-refractivity contribution in [1.29, 1.82) is 0 Å². The third-order valence-electron chi connectivity index (χ3n) is 4.17. The second-order valence-electron chi connectivity index (χ2n) is 6.40. The predicted octanol–water partition coefficient (Wildman–Crippen LogP) is 4.59. The summed E-state index contributed by atoms with van der Waals surface area (Å²) >= 11 is 0. The van der Waals surface area contributed by atoms with E-state index >= 15 is 0 Å². The Morgan fingerprint density at radius 1 is 1.35 bits per heavy atom. The molecular formula is C19H27NO4S2. The van der Waals surface area contributed by atoms with E-state index in [0.29, 0.717) is 17.9 Å². The summed E-state index contributed by atoms with van der Waals surface area (Å²) in [5.41, 5.74) is 1.58. The molecule has 0 saturated carbocycles. The number of amides is 1. The number of benzene rings is 1.